The molecular formula is C21H23N5O. The number of pyridine rings is 1. The van der Waals surface area contributed by atoms with Crippen molar-refractivity contribution in [3.8, 4) is 0 Å². The van der Waals surface area contributed by atoms with Crippen LogP contribution in [0.2, 0.25) is 0 Å². The quantitative estimate of drug-likeness (QED) is 0.716. The van der Waals surface area contributed by atoms with E-state index in [-0.39, 0.29) is 5.91 Å². The molecule has 6 heteroatoms. The van der Waals surface area contributed by atoms with Crippen molar-refractivity contribution < 1.29 is 4.79 Å². The molecule has 0 saturated carbocycles. The number of benzene rings is 1. The second-order valence-electron chi connectivity index (χ2n) is 7.23. The summed E-state index contributed by atoms with van der Waals surface area (Å²) in [5, 5.41) is 10.0. The van der Waals surface area contributed by atoms with Gasteiger partial charge >= 0.3 is 0 Å². The molecule has 1 aliphatic rings. The highest BCUT2D eigenvalue weighted by molar-refractivity contribution is 5.93. The number of hydrogen-bond acceptors (Lipinski definition) is 5. The van der Waals surface area contributed by atoms with Crippen molar-refractivity contribution in [3.63, 3.8) is 0 Å². The number of carbonyl (C=O) groups is 1. The first-order valence-electron chi connectivity index (χ1n) is 9.27. The number of nitrogens with zero attached hydrogens (tertiary/aromatic N) is 5. The van der Waals surface area contributed by atoms with Gasteiger partial charge in [-0.25, -0.2) is 0 Å². The molecule has 1 atom stereocenters. The summed E-state index contributed by atoms with van der Waals surface area (Å²) < 4.78 is 0. The monoisotopic (exact) mass is 361 g/mol. The van der Waals surface area contributed by atoms with E-state index in [1.807, 2.05) is 23.4 Å². The Morgan fingerprint density at radius 2 is 1.96 bits per heavy atom. The van der Waals surface area contributed by atoms with Crippen LogP contribution in [0.1, 0.15) is 15.9 Å². The van der Waals surface area contributed by atoms with Gasteiger partial charge in [0.1, 0.15) is 0 Å². The molecule has 27 heavy (non-hydrogen) atoms. The van der Waals surface area contributed by atoms with Crippen molar-refractivity contribution in [1.29, 1.82) is 0 Å². The van der Waals surface area contributed by atoms with Gasteiger partial charge in [0.25, 0.3) is 5.91 Å². The average molecular weight is 361 g/mol. The highest BCUT2D eigenvalue weighted by atomic mass is 16.2. The van der Waals surface area contributed by atoms with Crippen LogP contribution in [-0.4, -0.2) is 64.1 Å². The molecule has 3 aromatic rings. The summed E-state index contributed by atoms with van der Waals surface area (Å²) >= 11 is 0. The van der Waals surface area contributed by atoms with Crippen molar-refractivity contribution in [2.24, 2.45) is 5.92 Å². The Labute approximate surface area is 158 Å². The number of likely N-dealkylation sites (N-methyl/N-ethyl adjacent to an activating group) is 1. The lowest BCUT2D eigenvalue weighted by Crippen LogP contribution is -2.36. The van der Waals surface area contributed by atoms with Gasteiger partial charge in [0.05, 0.1) is 18.0 Å². The molecule has 3 heterocycles. The number of hydrogen-bond donors (Lipinski definition) is 0. The maximum atomic E-state index is 12.9. The number of aromatic nitrogens is 3. The molecule has 0 bridgehead atoms. The third kappa shape index (κ3) is 3.95. The van der Waals surface area contributed by atoms with Gasteiger partial charge in [-0.2, -0.15) is 10.2 Å². The molecule has 1 aromatic carbocycles. The Morgan fingerprint density at radius 3 is 2.81 bits per heavy atom. The Hall–Kier alpha value is -2.86. The van der Waals surface area contributed by atoms with Gasteiger partial charge < -0.3 is 9.80 Å². The third-order valence-corrected chi connectivity index (χ3v) is 5.18. The number of amides is 1. The molecule has 1 saturated heterocycles. The van der Waals surface area contributed by atoms with Gasteiger partial charge in [-0.1, -0.05) is 24.3 Å². The minimum Gasteiger partial charge on any atom is -0.337 e. The van der Waals surface area contributed by atoms with Crippen LogP contribution in [0, 0.1) is 5.92 Å². The average Bonchev–Trinajstić information content (AvgIpc) is 2.89. The van der Waals surface area contributed by atoms with E-state index in [1.54, 1.807) is 18.5 Å². The van der Waals surface area contributed by atoms with Crippen LogP contribution in [-0.2, 0) is 6.42 Å². The fourth-order valence-corrected chi connectivity index (χ4v) is 3.85. The zero-order valence-electron chi connectivity index (χ0n) is 15.5. The summed E-state index contributed by atoms with van der Waals surface area (Å²) in [4.78, 5) is 21.6. The van der Waals surface area contributed by atoms with Gasteiger partial charge in [-0.15, -0.1) is 0 Å². The van der Waals surface area contributed by atoms with E-state index >= 15 is 0 Å². The van der Waals surface area contributed by atoms with Gasteiger partial charge in [0.2, 0.25) is 0 Å². The molecule has 138 valence electrons. The molecule has 1 fully saturated rings. The van der Waals surface area contributed by atoms with Crippen LogP contribution in [0.5, 0.6) is 0 Å². The van der Waals surface area contributed by atoms with Crippen LogP contribution >= 0.6 is 0 Å². The number of fused-ring (bicyclic) bond motifs is 1. The lowest BCUT2D eigenvalue weighted by atomic mass is 9.96. The second-order valence-corrected chi connectivity index (χ2v) is 7.23. The second kappa shape index (κ2) is 7.80. The van der Waals surface area contributed by atoms with E-state index in [2.05, 4.69) is 45.3 Å². The Kier molecular flexibility index (Phi) is 5.07. The van der Waals surface area contributed by atoms with Gasteiger partial charge in [0, 0.05) is 44.0 Å². The molecule has 0 radical (unpaired) electrons. The zero-order chi connectivity index (χ0) is 18.6. The van der Waals surface area contributed by atoms with Crippen LogP contribution < -0.4 is 0 Å². The van der Waals surface area contributed by atoms with Gasteiger partial charge in [-0.3, -0.25) is 9.78 Å². The maximum Gasteiger partial charge on any atom is 0.255 e. The minimum absolute atomic E-state index is 0.0289. The third-order valence-electron chi connectivity index (χ3n) is 5.18. The van der Waals surface area contributed by atoms with Crippen molar-refractivity contribution in [2.45, 2.75) is 6.42 Å². The first-order chi connectivity index (χ1) is 13.2. The molecule has 1 amide bonds. The summed E-state index contributed by atoms with van der Waals surface area (Å²) in [6.07, 6.45) is 7.88. The summed E-state index contributed by atoms with van der Waals surface area (Å²) in [5.74, 6) is 0.380. The molecule has 6 nitrogen and oxygen atoms in total. The fraction of sp³-hybridized carbons (Fsp3) is 0.333. The summed E-state index contributed by atoms with van der Waals surface area (Å²) in [7, 11) is 2.12. The van der Waals surface area contributed by atoms with Crippen molar-refractivity contribution in [3.05, 3.63) is 66.2 Å². The molecule has 2 aromatic heterocycles. The number of carbonyl (C=O) groups excluding carboxylic acids is 1. The topological polar surface area (TPSA) is 62.2 Å². The van der Waals surface area contributed by atoms with Crippen LogP contribution in [0.15, 0.2) is 55.1 Å². The Bertz CT molecular complexity index is 925. The number of rotatable bonds is 3. The molecule has 1 aliphatic heterocycles. The summed E-state index contributed by atoms with van der Waals surface area (Å²) in [5.41, 5.74) is 1.84. The molecule has 0 spiro atoms. The highest BCUT2D eigenvalue weighted by Gasteiger charge is 2.25. The largest absolute Gasteiger partial charge is 0.337 e. The molecule has 1 unspecified atom stereocenters. The van der Waals surface area contributed by atoms with Gasteiger partial charge in [0.15, 0.2) is 0 Å². The van der Waals surface area contributed by atoms with E-state index in [1.165, 1.54) is 10.9 Å². The maximum absolute atomic E-state index is 12.9. The normalized spacial score (nSPS) is 18.4. The molecule has 0 N–H and O–H groups in total. The Morgan fingerprint density at radius 1 is 1.07 bits per heavy atom. The Balaban J connectivity index is 1.57. The van der Waals surface area contributed by atoms with Crippen LogP contribution in [0.4, 0.5) is 0 Å². The van der Waals surface area contributed by atoms with Crippen molar-refractivity contribution in [1.82, 2.24) is 25.0 Å². The summed E-state index contributed by atoms with van der Waals surface area (Å²) in [6, 6.07) is 10.1. The van der Waals surface area contributed by atoms with E-state index in [9.17, 15) is 4.79 Å². The molecule has 4 rings (SSSR count). The molecular weight excluding hydrogens is 338 g/mol. The molecule has 0 aliphatic carbocycles. The van der Waals surface area contributed by atoms with Crippen LogP contribution in [0.3, 0.4) is 0 Å². The predicted octanol–water partition coefficient (Wildman–Crippen LogP) is 2.27. The first kappa shape index (κ1) is 17.5. The predicted molar refractivity (Wildman–Crippen MR) is 104 cm³/mol. The van der Waals surface area contributed by atoms with Gasteiger partial charge in [-0.05, 0) is 36.4 Å². The lowest BCUT2D eigenvalue weighted by molar-refractivity contribution is 0.0745. The van der Waals surface area contributed by atoms with E-state index in [4.69, 9.17) is 0 Å². The smallest absolute Gasteiger partial charge is 0.255 e. The highest BCUT2D eigenvalue weighted by Crippen LogP contribution is 2.22. The lowest BCUT2D eigenvalue weighted by Gasteiger charge is -2.24. The van der Waals surface area contributed by atoms with Crippen molar-refractivity contribution >= 4 is 16.7 Å². The summed E-state index contributed by atoms with van der Waals surface area (Å²) in [6.45, 7) is 3.28. The zero-order valence-corrected chi connectivity index (χ0v) is 15.5. The fourth-order valence-electron chi connectivity index (χ4n) is 3.85. The standard InChI is InChI=1S/C21H23N5O/c1-25-8-9-26(21(27)18-6-7-23-24-13-18)15-16(14-25)10-19-12-22-11-17-4-2-3-5-20(17)19/h2-7,11-13,16H,8-10,14-15H2,1H3. The van der Waals surface area contributed by atoms with E-state index < -0.39 is 0 Å². The minimum atomic E-state index is 0.0289. The van der Waals surface area contributed by atoms with E-state index in [0.717, 1.165) is 38.0 Å². The van der Waals surface area contributed by atoms with E-state index in [0.29, 0.717) is 11.5 Å². The van der Waals surface area contributed by atoms with Crippen LogP contribution in [0.25, 0.3) is 10.8 Å². The first-order valence-corrected chi connectivity index (χ1v) is 9.27. The SMILES string of the molecule is CN1CCN(C(=O)c2ccnnc2)CC(Cc2cncc3ccccc23)C1. The van der Waals surface area contributed by atoms with Crippen molar-refractivity contribution in [2.75, 3.05) is 33.2 Å².